The van der Waals surface area contributed by atoms with Crippen molar-refractivity contribution in [2.24, 2.45) is 0 Å². The second kappa shape index (κ2) is 9.92. The van der Waals surface area contributed by atoms with Crippen LogP contribution in [0.25, 0.3) is 0 Å². The van der Waals surface area contributed by atoms with Gasteiger partial charge in [0.1, 0.15) is 5.75 Å². The van der Waals surface area contributed by atoms with E-state index in [4.69, 9.17) is 0 Å². The predicted octanol–water partition coefficient (Wildman–Crippen LogP) is 3.78. The Morgan fingerprint density at radius 3 is 2.36 bits per heavy atom. The Bertz CT molecular complexity index is 638. The van der Waals surface area contributed by atoms with Crippen molar-refractivity contribution in [2.45, 2.75) is 50.8 Å². The maximum Gasteiger partial charge on any atom is 0.391 e. The molecule has 0 saturated carbocycles. The molecule has 1 rings (SSSR count). The minimum absolute atomic E-state index is 0.0302. The Morgan fingerprint density at radius 1 is 1.18 bits per heavy atom. The molecule has 0 aliphatic rings. The zero-order chi connectivity index (χ0) is 21.5. The van der Waals surface area contributed by atoms with Gasteiger partial charge >= 0.3 is 19.4 Å². The molecule has 5 nitrogen and oxygen atoms in total. The number of rotatable bonds is 10. The van der Waals surface area contributed by atoms with Crippen molar-refractivity contribution in [3.05, 3.63) is 29.8 Å². The lowest BCUT2D eigenvalue weighted by molar-refractivity contribution is -0.175. The zero-order valence-corrected chi connectivity index (χ0v) is 14.5. The van der Waals surface area contributed by atoms with Crippen LogP contribution in [-0.2, 0) is 9.53 Å². The van der Waals surface area contributed by atoms with Crippen molar-refractivity contribution in [1.29, 1.82) is 0 Å². The lowest BCUT2D eigenvalue weighted by Crippen LogP contribution is -2.40. The first kappa shape index (κ1) is 24.0. The number of ether oxygens (including phenoxy) is 2. The van der Waals surface area contributed by atoms with Crippen LogP contribution in [0.3, 0.4) is 0 Å². The summed E-state index contributed by atoms with van der Waals surface area (Å²) < 4.78 is 94.8. The average molecular weight is 421 g/mol. The van der Waals surface area contributed by atoms with E-state index >= 15 is 0 Å². The molecule has 160 valence electrons. The quantitative estimate of drug-likeness (QED) is 0.565. The highest BCUT2D eigenvalue weighted by Crippen LogP contribution is 2.30. The predicted molar refractivity (Wildman–Crippen MR) is 81.8 cm³/mol. The van der Waals surface area contributed by atoms with Crippen LogP contribution in [0.4, 0.5) is 30.7 Å². The summed E-state index contributed by atoms with van der Waals surface area (Å²) in [5, 5.41) is 11.9. The molecule has 2 N–H and O–H groups in total. The smallest absolute Gasteiger partial charge is 0.391 e. The summed E-state index contributed by atoms with van der Waals surface area (Å²) in [6.45, 7) is -6.38. The van der Waals surface area contributed by atoms with Crippen molar-refractivity contribution >= 4 is 5.91 Å². The Morgan fingerprint density at radius 2 is 1.82 bits per heavy atom. The van der Waals surface area contributed by atoms with Gasteiger partial charge in [0.25, 0.3) is 0 Å². The van der Waals surface area contributed by atoms with Crippen molar-refractivity contribution in [2.75, 3.05) is 6.61 Å². The van der Waals surface area contributed by atoms with Gasteiger partial charge in [-0.1, -0.05) is 12.1 Å². The van der Waals surface area contributed by atoms with Gasteiger partial charge in [-0.2, -0.15) is 30.7 Å². The maximum absolute atomic E-state index is 12.4. The van der Waals surface area contributed by atoms with Crippen LogP contribution < -0.4 is 10.1 Å². The topological polar surface area (TPSA) is 67.8 Å². The van der Waals surface area contributed by atoms with Crippen LogP contribution in [0.15, 0.2) is 24.3 Å². The van der Waals surface area contributed by atoms with E-state index in [2.05, 4.69) is 14.8 Å². The molecular weight excluding hydrogens is 403 g/mol. The lowest BCUT2D eigenvalue weighted by Gasteiger charge is -2.26. The van der Waals surface area contributed by atoms with Gasteiger partial charge < -0.3 is 19.9 Å². The van der Waals surface area contributed by atoms with Crippen LogP contribution in [0.1, 0.15) is 31.4 Å². The van der Waals surface area contributed by atoms with Crippen molar-refractivity contribution in [3.63, 3.8) is 0 Å². The minimum Gasteiger partial charge on any atom is -0.435 e. The Kier molecular flexibility index (Phi) is 8.48. The first-order chi connectivity index (χ1) is 12.8. The molecule has 0 radical (unpaired) electrons. The fourth-order valence-corrected chi connectivity index (χ4v) is 2.38. The van der Waals surface area contributed by atoms with E-state index in [9.17, 15) is 40.6 Å². The van der Waals surface area contributed by atoms with Crippen LogP contribution in [0, 0.1) is 0 Å². The normalized spacial score (nSPS) is 15.4. The molecule has 0 aromatic heterocycles. The van der Waals surface area contributed by atoms with E-state index in [1.807, 2.05) is 0 Å². The molecule has 2 atom stereocenters. The van der Waals surface area contributed by atoms with Crippen LogP contribution >= 0.6 is 0 Å². The van der Waals surface area contributed by atoms with Crippen LogP contribution in [0.2, 0.25) is 0 Å². The highest BCUT2D eigenvalue weighted by atomic mass is 19.4. The van der Waals surface area contributed by atoms with Gasteiger partial charge in [-0.3, -0.25) is 4.79 Å². The second-order valence-corrected chi connectivity index (χ2v) is 6.13. The molecule has 0 spiro atoms. The Balaban J connectivity index is 2.91. The largest absolute Gasteiger partial charge is 0.435 e. The number of halogens is 7. The van der Waals surface area contributed by atoms with Gasteiger partial charge in [0.05, 0.1) is 31.1 Å². The molecule has 12 heteroatoms. The van der Waals surface area contributed by atoms with Gasteiger partial charge in [0, 0.05) is 0 Å². The number of benzene rings is 1. The second-order valence-electron chi connectivity index (χ2n) is 6.13. The molecule has 1 aromatic rings. The Hall–Kier alpha value is -2.08. The molecule has 0 heterocycles. The van der Waals surface area contributed by atoms with E-state index in [1.54, 1.807) is 0 Å². The third-order valence-electron chi connectivity index (χ3n) is 3.33. The number of alkyl halides is 7. The van der Waals surface area contributed by atoms with Gasteiger partial charge in [0.2, 0.25) is 5.91 Å². The summed E-state index contributed by atoms with van der Waals surface area (Å²) in [4.78, 5) is 12.0. The molecule has 0 fully saturated rings. The molecule has 28 heavy (non-hydrogen) atoms. The molecule has 0 aliphatic carbocycles. The highest BCUT2D eigenvalue weighted by Gasteiger charge is 2.39. The number of hydrogen-bond acceptors (Lipinski definition) is 4. The third-order valence-corrected chi connectivity index (χ3v) is 3.33. The number of carbonyl (C=O) groups excluding carboxylic acids is 1. The van der Waals surface area contributed by atoms with Gasteiger partial charge in [0.15, 0.2) is 0 Å². The highest BCUT2D eigenvalue weighted by molar-refractivity contribution is 5.77. The number of hydrogen-bond donors (Lipinski definition) is 2. The van der Waals surface area contributed by atoms with E-state index in [1.165, 1.54) is 12.1 Å². The monoisotopic (exact) mass is 421 g/mol. The zero-order valence-electron chi connectivity index (χ0n) is 14.5. The number of nitrogens with one attached hydrogen (secondary N) is 1. The number of aliphatic hydroxyl groups is 1. The standard InChI is InChI=1S/C16H18F7NO4/c1-15(26,8-16(21,22)23)6-12(25)24-11(7-27-13(17)18)9-3-2-4-10(5-9)28-14(19)20/h2-5,11,13-14,26H,6-8H2,1H3,(H,24,25)/t11-,15+/m0/s1. The van der Waals surface area contributed by atoms with Crippen LogP contribution in [-0.4, -0.2) is 42.6 Å². The maximum atomic E-state index is 12.4. The summed E-state index contributed by atoms with van der Waals surface area (Å²) in [5.41, 5.74) is -2.40. The van der Waals surface area contributed by atoms with Gasteiger partial charge in [-0.05, 0) is 24.6 Å². The van der Waals surface area contributed by atoms with Crippen molar-refractivity contribution < 1.29 is 50.1 Å². The van der Waals surface area contributed by atoms with Crippen molar-refractivity contribution in [1.82, 2.24) is 5.32 Å². The molecule has 0 bridgehead atoms. The molecular formula is C16H18F7NO4. The average Bonchev–Trinajstić information content (AvgIpc) is 2.47. The SMILES string of the molecule is C[C@@](O)(CC(=O)N[C@@H](COC(F)F)c1cccc(OC(F)F)c1)CC(F)(F)F. The summed E-state index contributed by atoms with van der Waals surface area (Å²) in [6, 6.07) is 3.39. The van der Waals surface area contributed by atoms with E-state index in [-0.39, 0.29) is 11.3 Å². The summed E-state index contributed by atoms with van der Waals surface area (Å²) >= 11 is 0. The molecule has 0 aliphatic heterocycles. The van der Waals surface area contributed by atoms with E-state index < -0.39 is 56.4 Å². The first-order valence-electron chi connectivity index (χ1n) is 7.80. The minimum atomic E-state index is -4.73. The fraction of sp³-hybridized carbons (Fsp3) is 0.562. The summed E-state index contributed by atoms with van der Waals surface area (Å²) in [7, 11) is 0. The van der Waals surface area contributed by atoms with E-state index in [0.29, 0.717) is 0 Å². The van der Waals surface area contributed by atoms with Gasteiger partial charge in [-0.25, -0.2) is 0 Å². The number of amides is 1. The molecule has 1 amide bonds. The lowest BCUT2D eigenvalue weighted by atomic mass is 9.97. The Labute approximate surface area is 155 Å². The molecule has 0 saturated heterocycles. The summed E-state index contributed by atoms with van der Waals surface area (Å²) in [6.07, 6.45) is -7.38. The van der Waals surface area contributed by atoms with E-state index in [0.717, 1.165) is 19.1 Å². The van der Waals surface area contributed by atoms with Crippen LogP contribution in [0.5, 0.6) is 5.75 Å². The fourth-order valence-electron chi connectivity index (χ4n) is 2.38. The summed E-state index contributed by atoms with van der Waals surface area (Å²) in [5.74, 6) is -1.41. The molecule has 0 unspecified atom stereocenters. The van der Waals surface area contributed by atoms with Crippen molar-refractivity contribution in [3.8, 4) is 5.75 Å². The number of carbonyl (C=O) groups is 1. The third kappa shape index (κ3) is 9.74. The molecule has 1 aromatic carbocycles. The first-order valence-corrected chi connectivity index (χ1v) is 7.80. The van der Waals surface area contributed by atoms with Gasteiger partial charge in [-0.15, -0.1) is 0 Å².